The summed E-state index contributed by atoms with van der Waals surface area (Å²) in [6, 6.07) is 0. The number of carbonyl (C=O) groups excluding carboxylic acids is 1. The van der Waals surface area contributed by atoms with Crippen LogP contribution in [0.3, 0.4) is 0 Å². The normalized spacial score (nSPS) is 22.0. The van der Waals surface area contributed by atoms with Gasteiger partial charge in [-0.25, -0.2) is 13.4 Å². The van der Waals surface area contributed by atoms with Crippen LogP contribution in [0.5, 0.6) is 0 Å². The maximum Gasteiger partial charge on any atom is 0.226 e. The lowest BCUT2D eigenvalue weighted by Crippen LogP contribution is -2.17. The lowest BCUT2D eigenvalue weighted by atomic mass is 10.1. The molecule has 1 aromatic heterocycles. The summed E-state index contributed by atoms with van der Waals surface area (Å²) < 4.78 is 22.6. The summed E-state index contributed by atoms with van der Waals surface area (Å²) in [7, 11) is -2.91. The van der Waals surface area contributed by atoms with Crippen LogP contribution in [-0.4, -0.2) is 30.8 Å². The van der Waals surface area contributed by atoms with Crippen LogP contribution < -0.4 is 5.32 Å². The van der Waals surface area contributed by atoms with E-state index in [4.69, 9.17) is 0 Å². The highest BCUT2D eigenvalue weighted by atomic mass is 32.2. The predicted molar refractivity (Wildman–Crippen MR) is 71.6 cm³/mol. The molecular weight excluding hydrogens is 272 g/mol. The van der Waals surface area contributed by atoms with Gasteiger partial charge in [0, 0.05) is 11.3 Å². The minimum absolute atomic E-state index is 0.0443. The first kappa shape index (κ1) is 13.5. The van der Waals surface area contributed by atoms with Gasteiger partial charge in [-0.2, -0.15) is 0 Å². The molecule has 0 radical (unpaired) electrons. The average Bonchev–Trinajstić information content (AvgIpc) is 2.71. The largest absolute Gasteiger partial charge is 0.302 e. The molecule has 1 N–H and O–H groups in total. The molecule has 1 aliphatic heterocycles. The number of thiazole rings is 1. The third kappa shape index (κ3) is 3.29. The zero-order chi connectivity index (χ0) is 13.3. The fraction of sp³-hybridized carbons (Fsp3) is 0.636. The predicted octanol–water partition coefficient (Wildman–Crippen LogP) is 1.52. The molecule has 1 saturated heterocycles. The molecule has 0 aromatic carbocycles. The van der Waals surface area contributed by atoms with Crippen molar-refractivity contribution in [2.24, 2.45) is 5.92 Å². The van der Waals surface area contributed by atoms with Crippen molar-refractivity contribution in [2.75, 3.05) is 16.8 Å². The quantitative estimate of drug-likeness (QED) is 0.915. The minimum Gasteiger partial charge on any atom is -0.302 e. The molecule has 0 aliphatic carbocycles. The Balaban J connectivity index is 1.90. The third-order valence-electron chi connectivity index (χ3n) is 3.08. The van der Waals surface area contributed by atoms with Gasteiger partial charge in [-0.3, -0.25) is 4.79 Å². The Labute approximate surface area is 111 Å². The van der Waals surface area contributed by atoms with E-state index in [1.165, 1.54) is 11.3 Å². The van der Waals surface area contributed by atoms with Crippen LogP contribution in [0.2, 0.25) is 0 Å². The summed E-state index contributed by atoms with van der Waals surface area (Å²) in [6.45, 7) is 3.84. The van der Waals surface area contributed by atoms with Crippen LogP contribution in [0.25, 0.3) is 0 Å². The summed E-state index contributed by atoms with van der Waals surface area (Å²) >= 11 is 1.44. The van der Waals surface area contributed by atoms with Crippen LogP contribution >= 0.6 is 11.3 Å². The zero-order valence-electron chi connectivity index (χ0n) is 10.4. The molecular formula is C11H16N2O3S2. The van der Waals surface area contributed by atoms with Crippen molar-refractivity contribution in [3.8, 4) is 0 Å². The van der Waals surface area contributed by atoms with Crippen molar-refractivity contribution in [1.82, 2.24) is 4.98 Å². The van der Waals surface area contributed by atoms with Crippen molar-refractivity contribution >= 4 is 32.2 Å². The number of anilines is 1. The van der Waals surface area contributed by atoms with Gasteiger partial charge in [0.1, 0.15) is 0 Å². The number of amides is 1. The van der Waals surface area contributed by atoms with Gasteiger partial charge in [0.05, 0.1) is 17.2 Å². The number of hydrogen-bond acceptors (Lipinski definition) is 5. The molecule has 5 nitrogen and oxygen atoms in total. The van der Waals surface area contributed by atoms with E-state index in [0.29, 0.717) is 11.6 Å². The fourth-order valence-electron chi connectivity index (χ4n) is 1.99. The molecule has 18 heavy (non-hydrogen) atoms. The Morgan fingerprint density at radius 2 is 2.22 bits per heavy atom. The monoisotopic (exact) mass is 288 g/mol. The molecule has 2 heterocycles. The summed E-state index contributed by atoms with van der Waals surface area (Å²) in [5, 5.41) is 3.32. The molecule has 0 saturated carbocycles. The number of rotatable bonds is 3. The molecule has 1 fully saturated rings. The zero-order valence-corrected chi connectivity index (χ0v) is 12.0. The minimum atomic E-state index is -2.91. The van der Waals surface area contributed by atoms with Gasteiger partial charge in [0.25, 0.3) is 0 Å². The first-order chi connectivity index (χ1) is 8.35. The topological polar surface area (TPSA) is 76.1 Å². The van der Waals surface area contributed by atoms with E-state index >= 15 is 0 Å². The van der Waals surface area contributed by atoms with Gasteiger partial charge in [-0.15, -0.1) is 11.3 Å². The van der Waals surface area contributed by atoms with Crippen LogP contribution in [0.15, 0.2) is 0 Å². The molecule has 1 atom stereocenters. The second-order valence-corrected chi connectivity index (χ2v) is 8.11. The average molecular weight is 288 g/mol. The van der Waals surface area contributed by atoms with Crippen LogP contribution in [0.4, 0.5) is 5.13 Å². The second kappa shape index (κ2) is 4.97. The van der Waals surface area contributed by atoms with Crippen molar-refractivity contribution in [3.05, 3.63) is 10.6 Å². The fourth-order valence-corrected chi connectivity index (χ4v) is 4.68. The van der Waals surface area contributed by atoms with Crippen LogP contribution in [0, 0.1) is 19.8 Å². The smallest absolute Gasteiger partial charge is 0.226 e. The number of hydrogen-bond donors (Lipinski definition) is 1. The van der Waals surface area contributed by atoms with Crippen LogP contribution in [0.1, 0.15) is 23.4 Å². The Hall–Kier alpha value is -0.950. The highest BCUT2D eigenvalue weighted by molar-refractivity contribution is 7.91. The number of carbonyl (C=O) groups is 1. The Kier molecular flexibility index (Phi) is 3.72. The Morgan fingerprint density at radius 3 is 2.72 bits per heavy atom. The number of aryl methyl sites for hydroxylation is 2. The molecule has 100 valence electrons. The number of aromatic nitrogens is 1. The van der Waals surface area contributed by atoms with E-state index in [2.05, 4.69) is 10.3 Å². The molecule has 2 rings (SSSR count). The van der Waals surface area contributed by atoms with Crippen molar-refractivity contribution in [3.63, 3.8) is 0 Å². The maximum absolute atomic E-state index is 11.8. The number of sulfone groups is 1. The molecule has 1 aliphatic rings. The van der Waals surface area contributed by atoms with E-state index in [1.807, 2.05) is 13.8 Å². The van der Waals surface area contributed by atoms with Gasteiger partial charge in [0.2, 0.25) is 5.91 Å². The highest BCUT2D eigenvalue weighted by Gasteiger charge is 2.29. The van der Waals surface area contributed by atoms with Crippen LogP contribution in [-0.2, 0) is 14.6 Å². The summed E-state index contributed by atoms with van der Waals surface area (Å²) in [5.41, 5.74) is 0.916. The molecule has 1 amide bonds. The second-order valence-electron chi connectivity index (χ2n) is 4.68. The van der Waals surface area contributed by atoms with E-state index in [0.717, 1.165) is 10.6 Å². The Morgan fingerprint density at radius 1 is 1.50 bits per heavy atom. The van der Waals surface area contributed by atoms with Crippen molar-refractivity contribution in [1.29, 1.82) is 0 Å². The first-order valence-corrected chi connectivity index (χ1v) is 8.44. The lowest BCUT2D eigenvalue weighted by Gasteiger charge is -2.06. The first-order valence-electron chi connectivity index (χ1n) is 5.80. The molecule has 0 bridgehead atoms. The SMILES string of the molecule is Cc1nc(NC(=O)C[C@@H]2CCS(=O)(=O)C2)sc1C. The van der Waals surface area contributed by atoms with Gasteiger partial charge in [-0.05, 0) is 26.2 Å². The standard InChI is InChI=1S/C11H16N2O3S2/c1-7-8(2)17-11(12-7)13-10(14)5-9-3-4-18(15,16)6-9/h9H,3-6H2,1-2H3,(H,12,13,14)/t9-/m0/s1. The number of nitrogens with one attached hydrogen (secondary N) is 1. The lowest BCUT2D eigenvalue weighted by molar-refractivity contribution is -0.116. The molecule has 0 spiro atoms. The molecule has 0 unspecified atom stereocenters. The van der Waals surface area contributed by atoms with Gasteiger partial charge < -0.3 is 5.32 Å². The van der Waals surface area contributed by atoms with Gasteiger partial charge in [-0.1, -0.05) is 0 Å². The van der Waals surface area contributed by atoms with Crippen molar-refractivity contribution in [2.45, 2.75) is 26.7 Å². The van der Waals surface area contributed by atoms with Crippen molar-refractivity contribution < 1.29 is 13.2 Å². The molecule has 7 heteroatoms. The maximum atomic E-state index is 11.8. The van der Waals surface area contributed by atoms with Gasteiger partial charge >= 0.3 is 0 Å². The highest BCUT2D eigenvalue weighted by Crippen LogP contribution is 2.24. The summed E-state index contributed by atoms with van der Waals surface area (Å²) in [5.74, 6) is 0.152. The summed E-state index contributed by atoms with van der Waals surface area (Å²) in [4.78, 5) is 17.1. The van der Waals surface area contributed by atoms with E-state index in [9.17, 15) is 13.2 Å². The number of nitrogens with zero attached hydrogens (tertiary/aromatic N) is 1. The van der Waals surface area contributed by atoms with E-state index in [1.54, 1.807) is 0 Å². The van der Waals surface area contributed by atoms with Gasteiger partial charge in [0.15, 0.2) is 15.0 Å². The van der Waals surface area contributed by atoms with E-state index in [-0.39, 0.29) is 29.8 Å². The third-order valence-corrected chi connectivity index (χ3v) is 5.90. The molecule has 1 aromatic rings. The van der Waals surface area contributed by atoms with E-state index < -0.39 is 9.84 Å². The Bertz CT molecular complexity index is 543. The summed E-state index contributed by atoms with van der Waals surface area (Å²) in [6.07, 6.45) is 0.850.